The maximum absolute atomic E-state index is 16.7. The van der Waals surface area contributed by atoms with Gasteiger partial charge in [0.05, 0.1) is 16.7 Å². The molecule has 2 saturated heterocycles. The molecular weight excluding hydrogens is 1640 g/mol. The number of likely N-dealkylation sites (N-methyl/N-ethyl adjacent to an activating group) is 1. The second kappa shape index (κ2) is 37.6. The van der Waals surface area contributed by atoms with E-state index in [1.54, 1.807) is 0 Å². The van der Waals surface area contributed by atoms with Crippen LogP contribution in [-0.2, 0) is 59.0 Å². The molecule has 16 rings (SSSR count). The summed E-state index contributed by atoms with van der Waals surface area (Å²) in [6.07, 6.45) is -14.1. The topological polar surface area (TPSA) is 577 Å². The smallest absolute Gasteiger partial charge is 0.335 e. The van der Waals surface area contributed by atoms with Crippen molar-refractivity contribution in [2.24, 2.45) is 0 Å². The normalized spacial score (nSPS) is 26.5. The standard InChI is InChI=1S/C83H88Cl2N8O29/c1-3-4-5-6-7-8-9-10-11-12-56(99)88-65-68(102)70(104)73(81(114)115)122-82(65)121-72-53-27-38-28-54(72)118-50-21-17-37(25-45(50)84)66(100)64-79(111)92-63(80(112)113)43-29-39(95)30-52(119-83-71(105)69(103)67(101)55(33-94)120-83)57(43)42-24-35(15-20-47(42)96)60(76(108)93-64)89-77(109)61(38)90-78(110)62-44-31-41(32-49(98)58(44)85)117-51-22-16-36(26-48(51)97)59(86-2)75(107)87-46(74(106)91-62)23-34-13-18-40(116-53)19-14-34/h13-22,24-32,46,55,59-71,73,82-83,86,94-98,100-105H,3-12,23,33H2,1-2H3,(H,87,107)(H,88,99)(H,89,109)(H,90,110)(H,91,106)(H,92,111)(H,93,108)(H,112,113)(H,114,115)/t46-,55-,59-,60-,61-,62+,63+,64+,65-,66-,67-,68-,69+,70+,71+,73+,82-,83+/m1/s1. The fraction of sp³-hybridized carbons (Fsp3) is 0.386. The number of aliphatic hydroxyl groups is 7. The summed E-state index contributed by atoms with van der Waals surface area (Å²) in [5, 5.41) is 167. The van der Waals surface area contributed by atoms with E-state index in [2.05, 4.69) is 49.5 Å². The van der Waals surface area contributed by atoms with E-state index >= 15 is 24.0 Å². The first-order valence-electron chi connectivity index (χ1n) is 39.1. The van der Waals surface area contributed by atoms with Crippen LogP contribution in [0.4, 0.5) is 0 Å². The Bertz CT molecular complexity index is 5180. The molecule has 0 unspecified atom stereocenters. The highest BCUT2D eigenvalue weighted by molar-refractivity contribution is 6.33. The minimum Gasteiger partial charge on any atom is -0.508 e. The number of hydrogen-bond acceptors (Lipinski definition) is 28. The van der Waals surface area contributed by atoms with E-state index in [9.17, 15) is 85.6 Å². The number of carbonyl (C=O) groups excluding carboxylic acids is 7. The third-order valence-electron chi connectivity index (χ3n) is 21.7. The molecule has 648 valence electrons. The highest BCUT2D eigenvalue weighted by Crippen LogP contribution is 2.50. The van der Waals surface area contributed by atoms with Crippen molar-refractivity contribution in [2.45, 2.75) is 187 Å². The molecule has 0 aliphatic carbocycles. The molecule has 0 radical (unpaired) electrons. The molecule has 9 heterocycles. The number of carbonyl (C=O) groups is 9. The van der Waals surface area contributed by atoms with E-state index in [-0.39, 0.29) is 40.4 Å². The van der Waals surface area contributed by atoms with Gasteiger partial charge in [0.2, 0.25) is 59.7 Å². The summed E-state index contributed by atoms with van der Waals surface area (Å²) >= 11 is 14.2. The number of fused-ring (bicyclic) bond motifs is 14. The molecule has 39 heteroatoms. The van der Waals surface area contributed by atoms with Gasteiger partial charge in [-0.15, -0.1) is 0 Å². The summed E-state index contributed by atoms with van der Waals surface area (Å²) in [7, 11) is 1.41. The van der Waals surface area contributed by atoms with Crippen LogP contribution < -0.4 is 66.2 Å². The Morgan fingerprint density at radius 1 is 0.516 bits per heavy atom. The zero-order chi connectivity index (χ0) is 87.4. The van der Waals surface area contributed by atoms with Crippen LogP contribution in [0.5, 0.6) is 69.0 Å². The molecule has 2 fully saturated rings. The van der Waals surface area contributed by atoms with Crippen molar-refractivity contribution in [1.82, 2.24) is 42.5 Å². The second-order valence-corrected chi connectivity index (χ2v) is 30.9. The van der Waals surface area contributed by atoms with Gasteiger partial charge < -0.3 is 142 Å². The Morgan fingerprint density at radius 3 is 1.83 bits per heavy atom. The number of amides is 7. The second-order valence-electron chi connectivity index (χ2n) is 30.1. The van der Waals surface area contributed by atoms with Crippen LogP contribution in [0.25, 0.3) is 11.1 Å². The summed E-state index contributed by atoms with van der Waals surface area (Å²) in [5.74, 6) is -19.6. The Labute approximate surface area is 703 Å². The zero-order valence-electron chi connectivity index (χ0n) is 64.9. The average molecular weight is 1730 g/mol. The highest BCUT2D eigenvalue weighted by atomic mass is 35.5. The maximum atomic E-state index is 16.7. The molecule has 18 atom stereocenters. The van der Waals surface area contributed by atoms with Gasteiger partial charge in [-0.3, -0.25) is 33.6 Å². The molecule has 21 N–H and O–H groups in total. The third kappa shape index (κ3) is 18.9. The summed E-state index contributed by atoms with van der Waals surface area (Å²) < 4.78 is 43.9. The number of carboxylic acid groups (broad SMARTS) is 2. The van der Waals surface area contributed by atoms with Crippen molar-refractivity contribution in [3.8, 4) is 80.1 Å². The van der Waals surface area contributed by atoms with Crippen molar-refractivity contribution in [3.63, 3.8) is 0 Å². The molecule has 17 bridgehead atoms. The van der Waals surface area contributed by atoms with Gasteiger partial charge in [0.1, 0.15) is 125 Å². The lowest BCUT2D eigenvalue weighted by Gasteiger charge is -2.41. The Morgan fingerprint density at radius 2 is 1.16 bits per heavy atom. The number of halogens is 2. The number of hydrogen-bond donors (Lipinski definition) is 21. The lowest BCUT2D eigenvalue weighted by molar-refractivity contribution is -0.277. The number of nitrogens with one attached hydrogen (secondary N) is 8. The number of ether oxygens (including phenoxy) is 7. The summed E-state index contributed by atoms with van der Waals surface area (Å²) in [6, 6.07) is 4.40. The van der Waals surface area contributed by atoms with Crippen LogP contribution >= 0.6 is 23.2 Å². The van der Waals surface area contributed by atoms with E-state index in [4.69, 9.17) is 56.4 Å². The van der Waals surface area contributed by atoms with Crippen molar-refractivity contribution in [2.75, 3.05) is 13.7 Å². The molecule has 0 saturated carbocycles. The predicted molar refractivity (Wildman–Crippen MR) is 424 cm³/mol. The molecule has 0 aromatic heterocycles. The number of phenols is 4. The Balaban J connectivity index is 1.03. The number of rotatable bonds is 19. The number of aromatic hydroxyl groups is 4. The monoisotopic (exact) mass is 1730 g/mol. The van der Waals surface area contributed by atoms with E-state index in [1.165, 1.54) is 49.5 Å². The molecular formula is C83H88Cl2N8O29. The lowest BCUT2D eigenvalue weighted by Crippen LogP contribution is -2.66. The predicted octanol–water partition coefficient (Wildman–Crippen LogP) is 4.33. The number of unbranched alkanes of at least 4 members (excludes halogenated alkanes) is 8. The van der Waals surface area contributed by atoms with Crippen LogP contribution in [-0.4, -0.2) is 207 Å². The first kappa shape index (κ1) is 88.0. The quantitative estimate of drug-likeness (QED) is 0.0501. The van der Waals surface area contributed by atoms with Gasteiger partial charge in [-0.2, -0.15) is 0 Å². The number of aliphatic hydroxyl groups excluding tert-OH is 7. The van der Waals surface area contributed by atoms with Gasteiger partial charge >= 0.3 is 11.9 Å². The average Bonchev–Trinajstić information content (AvgIpc) is 0.772. The van der Waals surface area contributed by atoms with Gasteiger partial charge in [-0.1, -0.05) is 112 Å². The molecule has 37 nitrogen and oxygen atoms in total. The van der Waals surface area contributed by atoms with E-state index in [1.807, 2.05) is 0 Å². The maximum Gasteiger partial charge on any atom is 0.335 e. The minimum atomic E-state index is -2.47. The Kier molecular flexibility index (Phi) is 27.1. The zero-order valence-corrected chi connectivity index (χ0v) is 66.5. The molecule has 0 spiro atoms. The SMILES string of the molecule is CCCCCCCCCCCC(=O)N[C@H]1[C@H](Oc2c3cc4cc2Oc2ccc(cc2Cl)[C@@H](O)[C@@H]2NC(=O)[C@H](NC(=O)[C@@H]4NC(=O)[C@H]4NC(=O)[C@@H](Cc5ccc(cc5)O3)NC(=O)[C@H](NC)c3ccc(c(O)c3)Oc3cc(O)c(Cl)c4c3)c3ccc(O)c(c3)-c3c(O[C@H]4O[C@H](CO)[C@@H](O)[C@H](O)[C@@H]4O)cc(O)cc3[C@@H](C(=O)O)NC2=O)O[C@H](C(=O)O)[C@@H](O)[C@@H]1O. The number of carboxylic acids is 2. The summed E-state index contributed by atoms with van der Waals surface area (Å²) in [4.78, 5) is 136. The van der Waals surface area contributed by atoms with E-state index < -0.39 is 271 Å². The van der Waals surface area contributed by atoms with Crippen molar-refractivity contribution in [1.29, 1.82) is 0 Å². The third-order valence-corrected chi connectivity index (χ3v) is 22.4. The first-order chi connectivity index (χ1) is 58.3. The minimum absolute atomic E-state index is 0.149. The fourth-order valence-corrected chi connectivity index (χ4v) is 15.7. The van der Waals surface area contributed by atoms with E-state index in [0.29, 0.717) is 12.8 Å². The lowest BCUT2D eigenvalue weighted by atomic mass is 9.89. The summed E-state index contributed by atoms with van der Waals surface area (Å²) in [5.41, 5.74) is -3.32. The van der Waals surface area contributed by atoms with Crippen LogP contribution in [0.15, 0.2) is 115 Å². The van der Waals surface area contributed by atoms with Crippen molar-refractivity contribution >= 4 is 76.5 Å². The largest absolute Gasteiger partial charge is 0.508 e. The fourth-order valence-electron chi connectivity index (χ4n) is 15.2. The van der Waals surface area contributed by atoms with Crippen LogP contribution in [0.2, 0.25) is 10.0 Å². The molecule has 9 aliphatic heterocycles. The molecule has 9 aliphatic rings. The van der Waals surface area contributed by atoms with Crippen LogP contribution in [0.1, 0.15) is 146 Å². The van der Waals surface area contributed by atoms with E-state index in [0.717, 1.165) is 118 Å². The van der Waals surface area contributed by atoms with Gasteiger partial charge in [0, 0.05) is 47.2 Å². The summed E-state index contributed by atoms with van der Waals surface area (Å²) in [6.45, 7) is 1.12. The van der Waals surface area contributed by atoms with Gasteiger partial charge in [0.25, 0.3) is 0 Å². The van der Waals surface area contributed by atoms with Crippen LogP contribution in [0, 0.1) is 0 Å². The number of benzene rings is 7. The van der Waals surface area contributed by atoms with Gasteiger partial charge in [-0.25, -0.2) is 9.59 Å². The van der Waals surface area contributed by atoms with Crippen LogP contribution in [0.3, 0.4) is 0 Å². The molecule has 122 heavy (non-hydrogen) atoms. The van der Waals surface area contributed by atoms with Crippen molar-refractivity contribution in [3.05, 3.63) is 164 Å². The molecule has 7 aromatic rings. The van der Waals surface area contributed by atoms with Gasteiger partial charge in [-0.05, 0) is 114 Å². The molecule has 7 amide bonds. The molecule has 7 aromatic carbocycles. The first-order valence-corrected chi connectivity index (χ1v) is 39.8. The number of aliphatic carboxylic acids is 2. The van der Waals surface area contributed by atoms with Crippen molar-refractivity contribution < 1.29 is 143 Å². The highest BCUT2D eigenvalue weighted by Gasteiger charge is 2.52. The number of phenolic OH excluding ortho intramolecular Hbond substituents is 4. The Hall–Kier alpha value is -11.8. The van der Waals surface area contributed by atoms with Gasteiger partial charge in [0.15, 0.2) is 35.1 Å².